The molecule has 0 aromatic heterocycles. The summed E-state index contributed by atoms with van der Waals surface area (Å²) in [6.45, 7) is 2.94. The van der Waals surface area contributed by atoms with Crippen molar-refractivity contribution in [3.05, 3.63) is 35.5 Å². The van der Waals surface area contributed by atoms with Gasteiger partial charge in [-0.15, -0.1) is 0 Å². The smallest absolute Gasteiger partial charge is 0.332 e. The largest absolute Gasteiger partial charge is 0.459 e. The number of rotatable bonds is 4. The van der Waals surface area contributed by atoms with Crippen LogP contribution in [-0.4, -0.2) is 48.2 Å². The van der Waals surface area contributed by atoms with Crippen LogP contribution in [0.15, 0.2) is 35.5 Å². The van der Waals surface area contributed by atoms with E-state index in [1.807, 2.05) is 25.2 Å². The topological polar surface area (TPSA) is 87.7 Å². The summed E-state index contributed by atoms with van der Waals surface area (Å²) in [6.07, 6.45) is 12.5. The summed E-state index contributed by atoms with van der Waals surface area (Å²) in [5.74, 6) is -0.416. The number of carbonyl (C=O) groups is 3. The molecular weight excluding hydrogens is 346 g/mol. The summed E-state index contributed by atoms with van der Waals surface area (Å²) in [5.41, 5.74) is 1.08. The fourth-order valence-corrected chi connectivity index (χ4v) is 3.69. The van der Waals surface area contributed by atoms with Gasteiger partial charge in [0.25, 0.3) is 0 Å². The second-order valence-corrected chi connectivity index (χ2v) is 7.33. The van der Waals surface area contributed by atoms with Crippen molar-refractivity contribution >= 4 is 18.0 Å². The lowest BCUT2D eigenvalue weighted by molar-refractivity contribution is -0.151. The van der Waals surface area contributed by atoms with Crippen molar-refractivity contribution in [1.29, 1.82) is 0 Å². The van der Waals surface area contributed by atoms with Crippen molar-refractivity contribution in [2.75, 3.05) is 19.7 Å². The van der Waals surface area contributed by atoms with Crippen molar-refractivity contribution in [3.63, 3.8) is 0 Å². The molecule has 3 rings (SSSR count). The number of esters is 1. The zero-order chi connectivity index (χ0) is 19.3. The van der Waals surface area contributed by atoms with Gasteiger partial charge in [-0.05, 0) is 31.8 Å². The molecule has 0 aromatic carbocycles. The van der Waals surface area contributed by atoms with Gasteiger partial charge in [-0.3, -0.25) is 0 Å². The van der Waals surface area contributed by atoms with E-state index in [1.54, 1.807) is 0 Å². The third-order valence-corrected chi connectivity index (χ3v) is 5.42. The molecule has 1 saturated heterocycles. The molecule has 1 saturated carbocycles. The third kappa shape index (κ3) is 4.40. The minimum absolute atomic E-state index is 0.185. The molecule has 7 nitrogen and oxygen atoms in total. The quantitative estimate of drug-likeness (QED) is 0.742. The number of ether oxygens (including phenoxy) is 1. The molecule has 27 heavy (non-hydrogen) atoms. The lowest BCUT2D eigenvalue weighted by atomic mass is 9.81. The fraction of sp³-hybridized carbons (Fsp3) is 0.550. The molecule has 0 spiro atoms. The number of imide groups is 1. The van der Waals surface area contributed by atoms with E-state index in [9.17, 15) is 14.4 Å². The van der Waals surface area contributed by atoms with Crippen LogP contribution in [-0.2, 0) is 9.53 Å². The van der Waals surface area contributed by atoms with Gasteiger partial charge in [-0.1, -0.05) is 49.1 Å². The normalized spacial score (nSPS) is 21.7. The number of hydrogen-bond donors (Lipinski definition) is 2. The van der Waals surface area contributed by atoms with E-state index in [4.69, 9.17) is 4.74 Å². The van der Waals surface area contributed by atoms with Gasteiger partial charge < -0.3 is 15.4 Å². The minimum Gasteiger partial charge on any atom is -0.459 e. The van der Waals surface area contributed by atoms with Crippen LogP contribution in [0.2, 0.25) is 0 Å². The molecule has 7 heteroatoms. The zero-order valence-electron chi connectivity index (χ0n) is 15.8. The first-order valence-electron chi connectivity index (χ1n) is 9.58. The van der Waals surface area contributed by atoms with Crippen molar-refractivity contribution in [3.8, 4) is 0 Å². The summed E-state index contributed by atoms with van der Waals surface area (Å²) >= 11 is 0. The molecule has 3 aliphatic rings. The van der Waals surface area contributed by atoms with Gasteiger partial charge in [-0.25, -0.2) is 19.3 Å². The number of urea groups is 2. The van der Waals surface area contributed by atoms with E-state index in [0.29, 0.717) is 25.9 Å². The van der Waals surface area contributed by atoms with Gasteiger partial charge in [0.05, 0.1) is 0 Å². The number of nitrogens with zero attached hydrogens (tertiary/aromatic N) is 1. The number of allylic oxidation sites excluding steroid dienone is 4. The molecule has 0 bridgehead atoms. The molecule has 4 amide bonds. The van der Waals surface area contributed by atoms with Crippen LogP contribution in [0, 0.1) is 0 Å². The Kier molecular flexibility index (Phi) is 5.98. The van der Waals surface area contributed by atoms with E-state index in [0.717, 1.165) is 41.7 Å². The van der Waals surface area contributed by atoms with E-state index in [2.05, 4.69) is 16.7 Å². The summed E-state index contributed by atoms with van der Waals surface area (Å²) in [5, 5.41) is 5.42. The van der Waals surface area contributed by atoms with Gasteiger partial charge >= 0.3 is 18.0 Å². The fourth-order valence-electron chi connectivity index (χ4n) is 3.69. The van der Waals surface area contributed by atoms with Crippen LogP contribution >= 0.6 is 0 Å². The van der Waals surface area contributed by atoms with E-state index >= 15 is 0 Å². The van der Waals surface area contributed by atoms with E-state index < -0.39 is 23.6 Å². The number of nitrogens with one attached hydrogen (secondary N) is 2. The van der Waals surface area contributed by atoms with Gasteiger partial charge in [0.1, 0.15) is 12.1 Å². The van der Waals surface area contributed by atoms with Crippen molar-refractivity contribution in [2.45, 2.75) is 51.0 Å². The lowest BCUT2D eigenvalue weighted by Gasteiger charge is -2.36. The molecule has 0 aromatic rings. The minimum atomic E-state index is -1.06. The maximum Gasteiger partial charge on any atom is 0.332 e. The summed E-state index contributed by atoms with van der Waals surface area (Å²) in [7, 11) is 0. The highest BCUT2D eigenvalue weighted by Crippen LogP contribution is 2.30. The van der Waals surface area contributed by atoms with Crippen LogP contribution in [0.25, 0.3) is 0 Å². The molecule has 146 valence electrons. The van der Waals surface area contributed by atoms with Crippen LogP contribution < -0.4 is 10.6 Å². The van der Waals surface area contributed by atoms with Gasteiger partial charge in [0.2, 0.25) is 0 Å². The molecule has 0 unspecified atom stereocenters. The van der Waals surface area contributed by atoms with Crippen LogP contribution in [0.3, 0.4) is 0 Å². The van der Waals surface area contributed by atoms with E-state index in [-0.39, 0.29) is 6.61 Å². The Morgan fingerprint density at radius 2 is 2.04 bits per heavy atom. The first kappa shape index (κ1) is 19.2. The number of hydrogen-bond acceptors (Lipinski definition) is 4. The molecule has 2 N–H and O–H groups in total. The first-order valence-corrected chi connectivity index (χ1v) is 9.58. The standard InChI is InChI=1S/C20H27N3O4/c1-15-8-4-2-5-9-16(15)14-27-17(24)20(10-6-3-7-11-20)22-19(26)23-13-12-21-18(23)25/h2,4-5,9H,3,6-8,10-14H2,1H3,(H,21,25)(H,22,26). The second-order valence-electron chi connectivity index (χ2n) is 7.33. The average Bonchev–Trinajstić information content (AvgIpc) is 2.99. The first-order chi connectivity index (χ1) is 13.0. The Hall–Kier alpha value is -2.57. The molecule has 0 radical (unpaired) electrons. The summed E-state index contributed by atoms with van der Waals surface area (Å²) < 4.78 is 5.63. The van der Waals surface area contributed by atoms with Crippen LogP contribution in [0.1, 0.15) is 45.4 Å². The molecule has 2 aliphatic carbocycles. The van der Waals surface area contributed by atoms with E-state index in [1.165, 1.54) is 0 Å². The van der Waals surface area contributed by atoms with Crippen LogP contribution in [0.5, 0.6) is 0 Å². The van der Waals surface area contributed by atoms with Gasteiger partial charge in [0, 0.05) is 13.1 Å². The Labute approximate surface area is 159 Å². The Morgan fingerprint density at radius 3 is 2.74 bits per heavy atom. The van der Waals surface area contributed by atoms with Gasteiger partial charge in [-0.2, -0.15) is 0 Å². The SMILES string of the molecule is CC1=C(COC(=O)C2(NC(=O)N3CCNC3=O)CCCCC2)C=CC=CC1. The third-order valence-electron chi connectivity index (χ3n) is 5.42. The zero-order valence-corrected chi connectivity index (χ0v) is 15.8. The predicted molar refractivity (Wildman–Crippen MR) is 101 cm³/mol. The molecule has 2 fully saturated rings. The molecule has 1 heterocycles. The summed E-state index contributed by atoms with van der Waals surface area (Å²) in [6, 6.07) is -0.957. The summed E-state index contributed by atoms with van der Waals surface area (Å²) in [4.78, 5) is 38.4. The Balaban J connectivity index is 1.68. The highest BCUT2D eigenvalue weighted by molar-refractivity contribution is 5.97. The molecular formula is C20H27N3O4. The average molecular weight is 373 g/mol. The Morgan fingerprint density at radius 1 is 1.26 bits per heavy atom. The Bertz CT molecular complexity index is 702. The lowest BCUT2D eigenvalue weighted by Crippen LogP contribution is -2.59. The maximum atomic E-state index is 13.0. The van der Waals surface area contributed by atoms with Crippen molar-refractivity contribution in [1.82, 2.24) is 15.5 Å². The van der Waals surface area contributed by atoms with Crippen molar-refractivity contribution < 1.29 is 19.1 Å². The predicted octanol–water partition coefficient (Wildman–Crippen LogP) is 2.80. The van der Waals surface area contributed by atoms with Crippen LogP contribution in [0.4, 0.5) is 9.59 Å². The number of carbonyl (C=O) groups excluding carboxylic acids is 3. The molecule has 1 aliphatic heterocycles. The number of amides is 4. The highest BCUT2D eigenvalue weighted by atomic mass is 16.5. The molecule has 0 atom stereocenters. The van der Waals surface area contributed by atoms with Crippen molar-refractivity contribution in [2.24, 2.45) is 0 Å². The second kappa shape index (κ2) is 8.41. The van der Waals surface area contributed by atoms with Gasteiger partial charge in [0.15, 0.2) is 0 Å². The monoisotopic (exact) mass is 373 g/mol. The highest BCUT2D eigenvalue weighted by Gasteiger charge is 2.44. The maximum absolute atomic E-state index is 13.0.